The first-order valence-corrected chi connectivity index (χ1v) is 6.78. The number of aromatic hydroxyl groups is 1. The molecule has 2 heterocycles. The summed E-state index contributed by atoms with van der Waals surface area (Å²) < 4.78 is 11.8. The Morgan fingerprint density at radius 2 is 1.90 bits per heavy atom. The van der Waals surface area contributed by atoms with Crippen molar-refractivity contribution < 1.29 is 19.5 Å². The van der Waals surface area contributed by atoms with Crippen LogP contribution in [0.3, 0.4) is 0 Å². The molecule has 114 valence electrons. The summed E-state index contributed by atoms with van der Waals surface area (Å²) >= 11 is 0. The standard InChI is InChI=1S/C14H21BN2O4/c1-13(2)14(3,4)21-15(20-13)10(8-18)5-9-6-11(19)12(16)17-7-9/h5-7,18-19H,8H2,1-4H3,(H2,16,17). The van der Waals surface area contributed by atoms with Gasteiger partial charge in [0.25, 0.3) is 0 Å². The molecule has 6 nitrogen and oxygen atoms in total. The Hall–Kier alpha value is -1.57. The average Bonchev–Trinajstić information content (AvgIpc) is 2.59. The quantitative estimate of drug-likeness (QED) is 0.728. The van der Waals surface area contributed by atoms with E-state index in [0.29, 0.717) is 11.0 Å². The third-order valence-corrected chi connectivity index (χ3v) is 4.01. The van der Waals surface area contributed by atoms with E-state index < -0.39 is 18.3 Å². The normalized spacial score (nSPS) is 20.8. The Labute approximate surface area is 124 Å². The van der Waals surface area contributed by atoms with E-state index in [0.717, 1.165) is 0 Å². The van der Waals surface area contributed by atoms with Gasteiger partial charge in [-0.2, -0.15) is 0 Å². The highest BCUT2D eigenvalue weighted by atomic mass is 16.7. The number of pyridine rings is 1. The molecule has 0 radical (unpaired) electrons. The van der Waals surface area contributed by atoms with E-state index in [1.54, 1.807) is 6.08 Å². The van der Waals surface area contributed by atoms with E-state index in [1.807, 2.05) is 27.7 Å². The summed E-state index contributed by atoms with van der Waals surface area (Å²) in [6.07, 6.45) is 3.18. The minimum Gasteiger partial charge on any atom is -0.504 e. The van der Waals surface area contributed by atoms with Crippen molar-refractivity contribution in [3.05, 3.63) is 23.3 Å². The van der Waals surface area contributed by atoms with Crippen LogP contribution in [-0.4, -0.2) is 40.1 Å². The predicted molar refractivity (Wildman–Crippen MR) is 81.5 cm³/mol. The second-order valence-electron chi connectivity index (χ2n) is 6.14. The smallest absolute Gasteiger partial charge is 0.492 e. The lowest BCUT2D eigenvalue weighted by Gasteiger charge is -2.32. The van der Waals surface area contributed by atoms with Crippen molar-refractivity contribution in [1.29, 1.82) is 0 Å². The number of hydrogen-bond acceptors (Lipinski definition) is 6. The number of nitrogens with zero attached hydrogens (tertiary/aromatic N) is 1. The maximum absolute atomic E-state index is 9.58. The van der Waals surface area contributed by atoms with Gasteiger partial charge in [-0.3, -0.25) is 0 Å². The third kappa shape index (κ3) is 3.05. The van der Waals surface area contributed by atoms with Crippen molar-refractivity contribution in [2.45, 2.75) is 38.9 Å². The number of aliphatic hydroxyl groups is 1. The van der Waals surface area contributed by atoms with E-state index in [9.17, 15) is 10.2 Å². The molecule has 4 N–H and O–H groups in total. The van der Waals surface area contributed by atoms with Gasteiger partial charge in [0.05, 0.1) is 17.8 Å². The van der Waals surface area contributed by atoms with Gasteiger partial charge in [-0.1, -0.05) is 6.08 Å². The molecular formula is C14H21BN2O4. The molecule has 1 aromatic heterocycles. The third-order valence-electron chi connectivity index (χ3n) is 4.01. The van der Waals surface area contributed by atoms with Gasteiger partial charge in [0.1, 0.15) is 0 Å². The van der Waals surface area contributed by atoms with Crippen molar-refractivity contribution in [2.75, 3.05) is 12.3 Å². The molecule has 1 aliphatic heterocycles. The Kier molecular flexibility index (Phi) is 4.01. The Bertz CT molecular complexity index is 556. The molecule has 0 aliphatic carbocycles. The Balaban J connectivity index is 2.28. The van der Waals surface area contributed by atoms with Crippen molar-refractivity contribution in [1.82, 2.24) is 4.98 Å². The summed E-state index contributed by atoms with van der Waals surface area (Å²) in [5.74, 6) is -0.0386. The summed E-state index contributed by atoms with van der Waals surface area (Å²) in [6.45, 7) is 7.55. The number of hydrogen-bond donors (Lipinski definition) is 3. The van der Waals surface area contributed by atoms with Gasteiger partial charge < -0.3 is 25.3 Å². The predicted octanol–water partition coefficient (Wildman–Crippen LogP) is 1.38. The van der Waals surface area contributed by atoms with E-state index in [-0.39, 0.29) is 18.2 Å². The number of aromatic nitrogens is 1. The lowest BCUT2D eigenvalue weighted by molar-refractivity contribution is 0.00578. The zero-order chi connectivity index (χ0) is 15.8. The maximum Gasteiger partial charge on any atom is 0.492 e. The van der Waals surface area contributed by atoms with Crippen LogP contribution >= 0.6 is 0 Å². The van der Waals surface area contributed by atoms with Crippen LogP contribution < -0.4 is 5.73 Å². The van der Waals surface area contributed by atoms with Crippen LogP contribution in [0, 0.1) is 0 Å². The van der Waals surface area contributed by atoms with E-state index in [4.69, 9.17) is 15.0 Å². The zero-order valence-electron chi connectivity index (χ0n) is 12.8. The van der Waals surface area contributed by atoms with Crippen molar-refractivity contribution in [3.63, 3.8) is 0 Å². The summed E-state index contributed by atoms with van der Waals surface area (Å²) in [4.78, 5) is 3.87. The number of aliphatic hydroxyl groups excluding tert-OH is 1. The molecule has 1 saturated heterocycles. The van der Waals surface area contributed by atoms with Gasteiger partial charge in [-0.15, -0.1) is 0 Å². The van der Waals surface area contributed by atoms with Crippen LogP contribution in [0.1, 0.15) is 33.3 Å². The molecule has 1 aliphatic rings. The highest BCUT2D eigenvalue weighted by Gasteiger charge is 2.52. The Morgan fingerprint density at radius 3 is 2.38 bits per heavy atom. The van der Waals surface area contributed by atoms with Gasteiger partial charge in [-0.25, -0.2) is 4.98 Å². The molecule has 7 heteroatoms. The van der Waals surface area contributed by atoms with Gasteiger partial charge in [0, 0.05) is 6.20 Å². The topological polar surface area (TPSA) is 97.8 Å². The number of nitrogen functional groups attached to an aromatic ring is 1. The van der Waals surface area contributed by atoms with Crippen molar-refractivity contribution in [2.24, 2.45) is 0 Å². The molecule has 0 unspecified atom stereocenters. The largest absolute Gasteiger partial charge is 0.504 e. The first-order chi connectivity index (χ1) is 9.66. The number of rotatable bonds is 3. The fraction of sp³-hybridized carbons (Fsp3) is 0.500. The highest BCUT2D eigenvalue weighted by Crippen LogP contribution is 2.38. The Morgan fingerprint density at radius 1 is 1.33 bits per heavy atom. The van der Waals surface area contributed by atoms with Crippen molar-refractivity contribution in [3.8, 4) is 5.75 Å². The molecule has 0 saturated carbocycles. The second kappa shape index (κ2) is 5.33. The first kappa shape index (κ1) is 15.8. The fourth-order valence-corrected chi connectivity index (χ4v) is 1.95. The van der Waals surface area contributed by atoms with Gasteiger partial charge in [-0.05, 0) is 44.8 Å². The number of anilines is 1. The number of nitrogens with two attached hydrogens (primary N) is 1. The second-order valence-corrected chi connectivity index (χ2v) is 6.14. The summed E-state index contributed by atoms with van der Waals surface area (Å²) in [5, 5.41) is 19.2. The molecule has 0 atom stereocenters. The van der Waals surface area contributed by atoms with Gasteiger partial charge in [0.2, 0.25) is 0 Å². The van der Waals surface area contributed by atoms with Crippen LogP contribution in [0.15, 0.2) is 17.7 Å². The van der Waals surface area contributed by atoms with Crippen LogP contribution in [0.25, 0.3) is 6.08 Å². The van der Waals surface area contributed by atoms with Crippen LogP contribution in [-0.2, 0) is 9.31 Å². The van der Waals surface area contributed by atoms with Crippen LogP contribution in [0.4, 0.5) is 5.82 Å². The monoisotopic (exact) mass is 292 g/mol. The summed E-state index contributed by atoms with van der Waals surface area (Å²) in [5.41, 5.74) is 5.67. The van der Waals surface area contributed by atoms with Crippen molar-refractivity contribution >= 4 is 19.0 Å². The minimum atomic E-state index is -0.639. The molecule has 2 rings (SSSR count). The van der Waals surface area contributed by atoms with Crippen LogP contribution in [0.5, 0.6) is 5.75 Å². The molecule has 0 bridgehead atoms. The highest BCUT2D eigenvalue weighted by molar-refractivity contribution is 6.55. The summed E-state index contributed by atoms with van der Waals surface area (Å²) in [7, 11) is -0.639. The van der Waals surface area contributed by atoms with E-state index >= 15 is 0 Å². The lowest BCUT2D eigenvalue weighted by atomic mass is 9.77. The molecule has 21 heavy (non-hydrogen) atoms. The van der Waals surface area contributed by atoms with Gasteiger partial charge in [0.15, 0.2) is 11.6 Å². The molecule has 0 amide bonds. The molecule has 0 aromatic carbocycles. The molecule has 0 spiro atoms. The molecular weight excluding hydrogens is 271 g/mol. The minimum absolute atomic E-state index is 0.0633. The van der Waals surface area contributed by atoms with E-state index in [1.165, 1.54) is 12.3 Å². The van der Waals surface area contributed by atoms with E-state index in [2.05, 4.69) is 4.98 Å². The lowest BCUT2D eigenvalue weighted by Crippen LogP contribution is -2.41. The molecule has 1 aromatic rings. The average molecular weight is 292 g/mol. The maximum atomic E-state index is 9.58. The SMILES string of the molecule is CC1(C)OB(C(=Cc2cnc(N)c(O)c2)CO)OC1(C)C. The summed E-state index contributed by atoms with van der Waals surface area (Å²) in [6, 6.07) is 1.48. The zero-order valence-corrected chi connectivity index (χ0v) is 12.8. The van der Waals surface area contributed by atoms with Crippen LogP contribution in [0.2, 0.25) is 0 Å². The fourth-order valence-electron chi connectivity index (χ4n) is 1.95. The van der Waals surface area contributed by atoms with Gasteiger partial charge >= 0.3 is 7.12 Å². The molecule has 1 fully saturated rings. The first-order valence-electron chi connectivity index (χ1n) is 6.78.